The van der Waals surface area contributed by atoms with Crippen molar-refractivity contribution in [3.05, 3.63) is 53.9 Å². The first-order valence-corrected chi connectivity index (χ1v) is 6.68. The number of aromatic nitrogens is 1. The van der Waals surface area contributed by atoms with Gasteiger partial charge in [0.2, 0.25) is 0 Å². The Hall–Kier alpha value is -2.36. The van der Waals surface area contributed by atoms with Crippen molar-refractivity contribution in [3.8, 4) is 5.75 Å². The van der Waals surface area contributed by atoms with Crippen molar-refractivity contribution in [3.63, 3.8) is 0 Å². The van der Waals surface area contributed by atoms with Crippen molar-refractivity contribution >= 4 is 11.6 Å². The Bertz CT molecular complexity index is 640. The number of hydrogen-bond donors (Lipinski definition) is 1. The van der Waals surface area contributed by atoms with Crippen LogP contribution in [0.2, 0.25) is 0 Å². The number of amides is 1. The monoisotopic (exact) mass is 268 g/mol. The van der Waals surface area contributed by atoms with E-state index in [2.05, 4.69) is 17.2 Å². The molecule has 3 rings (SSSR count). The van der Waals surface area contributed by atoms with Crippen LogP contribution < -0.4 is 10.1 Å². The first-order valence-electron chi connectivity index (χ1n) is 6.68. The van der Waals surface area contributed by atoms with Crippen molar-refractivity contribution in [2.75, 3.05) is 5.32 Å². The number of pyridine rings is 1. The molecule has 2 aromatic rings. The number of rotatable bonds is 2. The highest BCUT2D eigenvalue weighted by Gasteiger charge is 2.30. The summed E-state index contributed by atoms with van der Waals surface area (Å²) >= 11 is 0. The lowest BCUT2D eigenvalue weighted by Gasteiger charge is -2.10. The van der Waals surface area contributed by atoms with Crippen molar-refractivity contribution in [2.45, 2.75) is 25.9 Å². The summed E-state index contributed by atoms with van der Waals surface area (Å²) in [4.78, 5) is 16.3. The SMILES string of the molecule is C[C@H]1Oc2c(C(=O)Nc3ccncc3)cccc2[C@@H]1C. The highest BCUT2D eigenvalue weighted by atomic mass is 16.5. The van der Waals surface area contributed by atoms with Gasteiger partial charge >= 0.3 is 0 Å². The molecule has 1 aromatic heterocycles. The van der Waals surface area contributed by atoms with E-state index in [0.29, 0.717) is 17.2 Å². The van der Waals surface area contributed by atoms with E-state index in [0.717, 1.165) is 11.3 Å². The van der Waals surface area contributed by atoms with Crippen LogP contribution in [0.3, 0.4) is 0 Å². The summed E-state index contributed by atoms with van der Waals surface area (Å²) in [6.07, 6.45) is 3.39. The van der Waals surface area contributed by atoms with E-state index in [1.807, 2.05) is 19.1 Å². The standard InChI is InChI=1S/C16H16N2O2/c1-10-11(2)20-15-13(10)4-3-5-14(15)16(19)18-12-6-8-17-9-7-12/h3-11H,1-2H3,(H,17,18,19)/t10-,11-/m1/s1. The number of ether oxygens (including phenoxy) is 1. The lowest BCUT2D eigenvalue weighted by atomic mass is 9.97. The molecular formula is C16H16N2O2. The van der Waals surface area contributed by atoms with Crippen LogP contribution in [0.5, 0.6) is 5.75 Å². The lowest BCUT2D eigenvalue weighted by molar-refractivity contribution is 0.102. The van der Waals surface area contributed by atoms with Crippen LogP contribution in [0, 0.1) is 0 Å². The molecule has 0 fully saturated rings. The van der Waals surface area contributed by atoms with E-state index in [4.69, 9.17) is 4.74 Å². The molecule has 0 radical (unpaired) electrons. The predicted octanol–water partition coefficient (Wildman–Crippen LogP) is 3.22. The Morgan fingerprint density at radius 1 is 1.20 bits per heavy atom. The third kappa shape index (κ3) is 2.13. The number of anilines is 1. The molecule has 1 aliphatic heterocycles. The quantitative estimate of drug-likeness (QED) is 0.909. The minimum atomic E-state index is -0.158. The summed E-state index contributed by atoms with van der Waals surface area (Å²) in [5, 5.41) is 2.86. The topological polar surface area (TPSA) is 51.2 Å². The smallest absolute Gasteiger partial charge is 0.259 e. The second kappa shape index (κ2) is 4.96. The van der Waals surface area contributed by atoms with E-state index >= 15 is 0 Å². The maximum Gasteiger partial charge on any atom is 0.259 e. The normalized spacial score (nSPS) is 20.1. The molecule has 0 spiro atoms. The number of hydrogen-bond acceptors (Lipinski definition) is 3. The molecule has 0 unspecified atom stereocenters. The van der Waals surface area contributed by atoms with Gasteiger partial charge in [0.05, 0.1) is 5.56 Å². The average Bonchev–Trinajstić information content (AvgIpc) is 2.75. The molecule has 0 bridgehead atoms. The molecule has 20 heavy (non-hydrogen) atoms. The maximum absolute atomic E-state index is 12.4. The van der Waals surface area contributed by atoms with Crippen LogP contribution in [0.4, 0.5) is 5.69 Å². The zero-order valence-corrected chi connectivity index (χ0v) is 11.5. The fourth-order valence-corrected chi connectivity index (χ4v) is 2.40. The zero-order chi connectivity index (χ0) is 14.1. The van der Waals surface area contributed by atoms with Gasteiger partial charge in [-0.15, -0.1) is 0 Å². The van der Waals surface area contributed by atoms with Gasteiger partial charge in [0.1, 0.15) is 11.9 Å². The number of carbonyl (C=O) groups excluding carboxylic acids is 1. The number of nitrogens with zero attached hydrogens (tertiary/aromatic N) is 1. The summed E-state index contributed by atoms with van der Waals surface area (Å²) in [6.45, 7) is 4.14. The number of nitrogens with one attached hydrogen (secondary N) is 1. The third-order valence-corrected chi connectivity index (χ3v) is 3.73. The van der Waals surface area contributed by atoms with Gasteiger partial charge in [0.25, 0.3) is 5.91 Å². The number of fused-ring (bicyclic) bond motifs is 1. The molecule has 4 nitrogen and oxygen atoms in total. The van der Waals surface area contributed by atoms with Gasteiger partial charge in [-0.1, -0.05) is 19.1 Å². The molecule has 102 valence electrons. The summed E-state index contributed by atoms with van der Waals surface area (Å²) in [5.41, 5.74) is 2.40. The van der Waals surface area contributed by atoms with E-state index < -0.39 is 0 Å². The van der Waals surface area contributed by atoms with Gasteiger partial charge in [0, 0.05) is 29.6 Å². The third-order valence-electron chi connectivity index (χ3n) is 3.73. The van der Waals surface area contributed by atoms with Crippen LogP contribution in [0.25, 0.3) is 0 Å². The van der Waals surface area contributed by atoms with Crippen molar-refractivity contribution in [1.82, 2.24) is 4.98 Å². The molecular weight excluding hydrogens is 252 g/mol. The molecule has 1 aliphatic rings. The number of para-hydroxylation sites is 1. The van der Waals surface area contributed by atoms with Crippen molar-refractivity contribution in [1.29, 1.82) is 0 Å². The van der Waals surface area contributed by atoms with Gasteiger partial charge < -0.3 is 10.1 Å². The number of carbonyl (C=O) groups is 1. The Morgan fingerprint density at radius 3 is 2.70 bits per heavy atom. The van der Waals surface area contributed by atoms with E-state index in [1.165, 1.54) is 0 Å². The molecule has 2 atom stereocenters. The minimum Gasteiger partial charge on any atom is -0.489 e. The van der Waals surface area contributed by atoms with Crippen molar-refractivity contribution in [2.24, 2.45) is 0 Å². The molecule has 0 saturated heterocycles. The van der Waals surface area contributed by atoms with Gasteiger partial charge in [-0.25, -0.2) is 0 Å². The molecule has 2 heterocycles. The second-order valence-electron chi connectivity index (χ2n) is 5.03. The highest BCUT2D eigenvalue weighted by Crippen LogP contribution is 2.40. The second-order valence-corrected chi connectivity index (χ2v) is 5.03. The Labute approximate surface area is 117 Å². The Morgan fingerprint density at radius 2 is 1.95 bits per heavy atom. The van der Waals surface area contributed by atoms with Crippen LogP contribution in [-0.2, 0) is 0 Å². The van der Waals surface area contributed by atoms with Crippen LogP contribution in [-0.4, -0.2) is 17.0 Å². The molecule has 1 N–H and O–H groups in total. The predicted molar refractivity (Wildman–Crippen MR) is 77.1 cm³/mol. The zero-order valence-electron chi connectivity index (χ0n) is 11.5. The fourth-order valence-electron chi connectivity index (χ4n) is 2.40. The molecule has 0 aliphatic carbocycles. The van der Waals surface area contributed by atoms with Gasteiger partial charge in [-0.3, -0.25) is 9.78 Å². The number of benzene rings is 1. The lowest BCUT2D eigenvalue weighted by Crippen LogP contribution is -2.14. The van der Waals surface area contributed by atoms with Crippen LogP contribution in [0.15, 0.2) is 42.7 Å². The van der Waals surface area contributed by atoms with Gasteiger partial charge in [-0.2, -0.15) is 0 Å². The van der Waals surface area contributed by atoms with E-state index in [9.17, 15) is 4.79 Å². The molecule has 1 amide bonds. The summed E-state index contributed by atoms with van der Waals surface area (Å²) in [5.74, 6) is 0.854. The Kier molecular flexibility index (Phi) is 3.14. The highest BCUT2D eigenvalue weighted by molar-refractivity contribution is 6.06. The van der Waals surface area contributed by atoms with Gasteiger partial charge in [-0.05, 0) is 25.1 Å². The largest absolute Gasteiger partial charge is 0.489 e. The molecule has 0 saturated carbocycles. The van der Waals surface area contributed by atoms with E-state index in [-0.39, 0.29) is 12.0 Å². The summed E-state index contributed by atoms with van der Waals surface area (Å²) in [6, 6.07) is 9.23. The van der Waals surface area contributed by atoms with Gasteiger partial charge in [0.15, 0.2) is 0 Å². The minimum absolute atomic E-state index is 0.0971. The van der Waals surface area contributed by atoms with E-state index in [1.54, 1.807) is 30.6 Å². The summed E-state index contributed by atoms with van der Waals surface area (Å²) in [7, 11) is 0. The first kappa shape index (κ1) is 12.7. The molecule has 4 heteroatoms. The average molecular weight is 268 g/mol. The van der Waals surface area contributed by atoms with Crippen molar-refractivity contribution < 1.29 is 9.53 Å². The van der Waals surface area contributed by atoms with Crippen LogP contribution in [0.1, 0.15) is 35.7 Å². The fraction of sp³-hybridized carbons (Fsp3) is 0.250. The Balaban J connectivity index is 1.91. The first-order chi connectivity index (χ1) is 9.66. The summed E-state index contributed by atoms with van der Waals surface area (Å²) < 4.78 is 5.84. The molecule has 1 aromatic carbocycles. The maximum atomic E-state index is 12.4. The van der Waals surface area contributed by atoms with Crippen LogP contribution >= 0.6 is 0 Å².